The zero-order chi connectivity index (χ0) is 18.0. The molecular formula is C22H30NO3+. The van der Waals surface area contributed by atoms with Crippen molar-refractivity contribution in [2.24, 2.45) is 0 Å². The molecule has 0 amide bonds. The van der Waals surface area contributed by atoms with Crippen molar-refractivity contribution in [3.8, 4) is 11.5 Å². The summed E-state index contributed by atoms with van der Waals surface area (Å²) in [6.45, 7) is 8.20. The summed E-state index contributed by atoms with van der Waals surface area (Å²) in [6, 6.07) is 16.6. The maximum Gasteiger partial charge on any atom is 0.119 e. The lowest BCUT2D eigenvalue weighted by Crippen LogP contribution is -3.12. The molecule has 3 rings (SSSR count). The van der Waals surface area contributed by atoms with Crippen LogP contribution in [0.3, 0.4) is 0 Å². The molecule has 2 aromatic rings. The highest BCUT2D eigenvalue weighted by atomic mass is 16.5. The Bertz CT molecular complexity index is 657. The summed E-state index contributed by atoms with van der Waals surface area (Å²) < 4.78 is 17.0. The van der Waals surface area contributed by atoms with Crippen LogP contribution in [-0.4, -0.2) is 39.5 Å². The van der Waals surface area contributed by atoms with E-state index < -0.39 is 0 Å². The van der Waals surface area contributed by atoms with Gasteiger partial charge in [0.05, 0.1) is 26.4 Å². The van der Waals surface area contributed by atoms with Gasteiger partial charge in [-0.25, -0.2) is 0 Å². The summed E-state index contributed by atoms with van der Waals surface area (Å²) >= 11 is 0. The van der Waals surface area contributed by atoms with E-state index in [9.17, 15) is 0 Å². The van der Waals surface area contributed by atoms with Crippen molar-refractivity contribution in [2.75, 3.05) is 39.5 Å². The Morgan fingerprint density at radius 2 is 1.50 bits per heavy atom. The minimum atomic E-state index is 0.577. The fraction of sp³-hybridized carbons (Fsp3) is 0.455. The number of hydrogen-bond acceptors (Lipinski definition) is 3. The van der Waals surface area contributed by atoms with Gasteiger partial charge in [-0.2, -0.15) is 0 Å². The van der Waals surface area contributed by atoms with Crippen molar-refractivity contribution in [1.29, 1.82) is 0 Å². The SMILES string of the molecule is CCCOc1ccc(OCCOCC[NH+]2CCc3ccccc3C2)cc1. The van der Waals surface area contributed by atoms with Crippen molar-refractivity contribution in [2.45, 2.75) is 26.3 Å². The third-order valence-electron chi connectivity index (χ3n) is 4.70. The lowest BCUT2D eigenvalue weighted by molar-refractivity contribution is -0.916. The molecule has 1 unspecified atom stereocenters. The molecule has 0 radical (unpaired) electrons. The number of nitrogens with one attached hydrogen (secondary N) is 1. The first-order valence-electron chi connectivity index (χ1n) is 9.69. The van der Waals surface area contributed by atoms with Crippen LogP contribution in [0.1, 0.15) is 24.5 Å². The predicted molar refractivity (Wildman–Crippen MR) is 103 cm³/mol. The Morgan fingerprint density at radius 3 is 2.23 bits per heavy atom. The minimum Gasteiger partial charge on any atom is -0.494 e. The Morgan fingerprint density at radius 1 is 0.808 bits per heavy atom. The number of rotatable bonds is 10. The van der Waals surface area contributed by atoms with E-state index in [-0.39, 0.29) is 0 Å². The molecule has 1 heterocycles. The lowest BCUT2D eigenvalue weighted by Gasteiger charge is -2.25. The summed E-state index contributed by atoms with van der Waals surface area (Å²) in [5, 5.41) is 0. The average molecular weight is 356 g/mol. The molecule has 1 atom stereocenters. The summed E-state index contributed by atoms with van der Waals surface area (Å²) in [4.78, 5) is 1.60. The van der Waals surface area contributed by atoms with Gasteiger partial charge >= 0.3 is 0 Å². The van der Waals surface area contributed by atoms with E-state index in [1.165, 1.54) is 24.1 Å². The van der Waals surface area contributed by atoms with Crippen LogP contribution < -0.4 is 14.4 Å². The molecule has 0 bridgehead atoms. The van der Waals surface area contributed by atoms with Crippen molar-refractivity contribution >= 4 is 0 Å². The van der Waals surface area contributed by atoms with Crippen molar-refractivity contribution in [3.63, 3.8) is 0 Å². The van der Waals surface area contributed by atoms with E-state index in [2.05, 4.69) is 31.2 Å². The quantitative estimate of drug-likeness (QED) is 0.664. The zero-order valence-corrected chi connectivity index (χ0v) is 15.7. The molecule has 4 heteroatoms. The van der Waals surface area contributed by atoms with Crippen LogP contribution in [0.25, 0.3) is 0 Å². The van der Waals surface area contributed by atoms with Crippen LogP contribution in [0.4, 0.5) is 0 Å². The van der Waals surface area contributed by atoms with Gasteiger partial charge in [0, 0.05) is 12.0 Å². The molecule has 2 aromatic carbocycles. The molecular weight excluding hydrogens is 326 g/mol. The van der Waals surface area contributed by atoms with Gasteiger partial charge in [-0.1, -0.05) is 31.2 Å². The summed E-state index contributed by atoms with van der Waals surface area (Å²) in [6.07, 6.45) is 2.19. The molecule has 1 N–H and O–H groups in total. The number of fused-ring (bicyclic) bond motifs is 1. The highest BCUT2D eigenvalue weighted by Gasteiger charge is 2.18. The van der Waals surface area contributed by atoms with Crippen molar-refractivity contribution in [1.82, 2.24) is 0 Å². The Balaban J connectivity index is 1.27. The minimum absolute atomic E-state index is 0.577. The van der Waals surface area contributed by atoms with Crippen LogP contribution in [0.2, 0.25) is 0 Å². The van der Waals surface area contributed by atoms with E-state index in [0.717, 1.165) is 44.2 Å². The van der Waals surface area contributed by atoms with Gasteiger partial charge < -0.3 is 19.1 Å². The van der Waals surface area contributed by atoms with Gasteiger partial charge in [-0.3, -0.25) is 0 Å². The van der Waals surface area contributed by atoms with Gasteiger partial charge in [-0.15, -0.1) is 0 Å². The molecule has 0 fully saturated rings. The fourth-order valence-electron chi connectivity index (χ4n) is 3.25. The maximum absolute atomic E-state index is 5.75. The van der Waals surface area contributed by atoms with Crippen LogP contribution in [0.5, 0.6) is 11.5 Å². The second-order valence-corrected chi connectivity index (χ2v) is 6.73. The molecule has 0 aromatic heterocycles. The number of benzene rings is 2. The van der Waals surface area contributed by atoms with E-state index >= 15 is 0 Å². The fourth-order valence-corrected chi connectivity index (χ4v) is 3.25. The molecule has 1 aliphatic rings. The topological polar surface area (TPSA) is 32.1 Å². The Kier molecular flexibility index (Phi) is 7.35. The standard InChI is InChI=1S/C22H29NO3/c1-2-14-25-21-7-9-22(10-8-21)26-17-16-24-15-13-23-12-11-19-5-3-4-6-20(19)18-23/h3-10H,2,11-18H2,1H3/p+1. The van der Waals surface area contributed by atoms with Crippen LogP contribution >= 0.6 is 0 Å². The first kappa shape index (κ1) is 18.7. The molecule has 0 aliphatic carbocycles. The second-order valence-electron chi connectivity index (χ2n) is 6.73. The van der Waals surface area contributed by atoms with Crippen LogP contribution in [-0.2, 0) is 17.7 Å². The highest BCUT2D eigenvalue weighted by molar-refractivity contribution is 5.31. The molecule has 1 aliphatic heterocycles. The second kappa shape index (κ2) is 10.2. The van der Waals surface area contributed by atoms with Gasteiger partial charge in [0.25, 0.3) is 0 Å². The van der Waals surface area contributed by atoms with Crippen molar-refractivity contribution < 1.29 is 19.1 Å². The number of quaternary nitrogens is 1. The number of ether oxygens (including phenoxy) is 3. The van der Waals surface area contributed by atoms with E-state index in [1.54, 1.807) is 4.90 Å². The predicted octanol–water partition coefficient (Wildman–Crippen LogP) is 2.51. The monoisotopic (exact) mass is 356 g/mol. The summed E-state index contributed by atoms with van der Waals surface area (Å²) in [5.74, 6) is 1.75. The summed E-state index contributed by atoms with van der Waals surface area (Å²) in [7, 11) is 0. The average Bonchev–Trinajstić information content (AvgIpc) is 2.70. The first-order chi connectivity index (χ1) is 12.8. The van der Waals surface area contributed by atoms with Gasteiger partial charge in [0.1, 0.15) is 31.2 Å². The van der Waals surface area contributed by atoms with Crippen LogP contribution in [0.15, 0.2) is 48.5 Å². The van der Waals surface area contributed by atoms with E-state index in [4.69, 9.17) is 14.2 Å². The molecule has 0 saturated carbocycles. The van der Waals surface area contributed by atoms with E-state index in [0.29, 0.717) is 13.2 Å². The zero-order valence-electron chi connectivity index (χ0n) is 15.7. The molecule has 140 valence electrons. The Hall–Kier alpha value is -2.04. The third-order valence-corrected chi connectivity index (χ3v) is 4.70. The third kappa shape index (κ3) is 5.75. The largest absolute Gasteiger partial charge is 0.494 e. The summed E-state index contributed by atoms with van der Waals surface area (Å²) in [5.41, 5.74) is 3.00. The first-order valence-corrected chi connectivity index (χ1v) is 9.69. The van der Waals surface area contributed by atoms with E-state index in [1.807, 2.05) is 24.3 Å². The molecule has 0 spiro atoms. The Labute approximate surface area is 156 Å². The molecule has 4 nitrogen and oxygen atoms in total. The number of hydrogen-bond donors (Lipinski definition) is 1. The highest BCUT2D eigenvalue weighted by Crippen LogP contribution is 2.17. The smallest absolute Gasteiger partial charge is 0.119 e. The normalized spacial score (nSPS) is 16.1. The lowest BCUT2D eigenvalue weighted by atomic mass is 10.0. The van der Waals surface area contributed by atoms with Gasteiger partial charge in [-0.05, 0) is 36.2 Å². The van der Waals surface area contributed by atoms with Gasteiger partial charge in [0.15, 0.2) is 0 Å². The molecule has 26 heavy (non-hydrogen) atoms. The maximum atomic E-state index is 5.75. The molecule has 0 saturated heterocycles. The van der Waals surface area contributed by atoms with Gasteiger partial charge in [0.2, 0.25) is 0 Å². The van der Waals surface area contributed by atoms with Crippen LogP contribution in [0, 0.1) is 0 Å². The van der Waals surface area contributed by atoms with Crippen molar-refractivity contribution in [3.05, 3.63) is 59.7 Å².